The Bertz CT molecular complexity index is 662. The van der Waals surface area contributed by atoms with Crippen LogP contribution in [0.15, 0.2) is 0 Å². The van der Waals surface area contributed by atoms with Gasteiger partial charge in [-0.25, -0.2) is 9.59 Å². The van der Waals surface area contributed by atoms with E-state index in [0.29, 0.717) is 45.9 Å². The van der Waals surface area contributed by atoms with E-state index in [2.05, 4.69) is 21.3 Å². The zero-order valence-corrected chi connectivity index (χ0v) is 20.7. The van der Waals surface area contributed by atoms with E-state index in [4.69, 9.17) is 19.9 Å². The van der Waals surface area contributed by atoms with Crippen molar-refractivity contribution in [3.8, 4) is 0 Å². The number of urea groups is 1. The maximum atomic E-state index is 11.9. The molecule has 0 saturated carbocycles. The number of amides is 4. The Balaban J connectivity index is 1.37. The van der Waals surface area contributed by atoms with Crippen molar-refractivity contribution in [3.05, 3.63) is 0 Å². The fourth-order valence-electron chi connectivity index (χ4n) is 3.58. The van der Waals surface area contributed by atoms with E-state index in [1.165, 1.54) is 0 Å². The molecule has 2 rings (SSSR count). The smallest absolute Gasteiger partial charge is 0.407 e. The molecule has 0 unspecified atom stereocenters. The van der Waals surface area contributed by atoms with Crippen LogP contribution in [0.5, 0.6) is 0 Å². The molecule has 4 amide bonds. The number of fused-ring (bicyclic) bond motifs is 1. The van der Waals surface area contributed by atoms with E-state index in [9.17, 15) is 14.4 Å². The molecule has 0 aromatic rings. The summed E-state index contributed by atoms with van der Waals surface area (Å²) < 4.78 is 15.9. The predicted octanol–water partition coefficient (Wildman–Crippen LogP) is 0.673. The van der Waals surface area contributed by atoms with E-state index in [1.54, 1.807) is 32.5 Å². The second kappa shape index (κ2) is 13.2. The van der Waals surface area contributed by atoms with E-state index < -0.39 is 17.4 Å². The van der Waals surface area contributed by atoms with Crippen molar-refractivity contribution in [1.29, 1.82) is 0 Å². The van der Waals surface area contributed by atoms with Crippen LogP contribution < -0.4 is 27.0 Å². The Kier molecular flexibility index (Phi) is 11.0. The summed E-state index contributed by atoms with van der Waals surface area (Å²) in [6.45, 7) is 7.82. The van der Waals surface area contributed by atoms with Crippen LogP contribution in [0.1, 0.15) is 46.5 Å². The molecule has 0 aliphatic carbocycles. The molecular formula is C21H39N5O6S. The monoisotopic (exact) mass is 489 g/mol. The van der Waals surface area contributed by atoms with Gasteiger partial charge in [-0.2, -0.15) is 11.8 Å². The van der Waals surface area contributed by atoms with Gasteiger partial charge in [0.15, 0.2) is 0 Å². The molecular weight excluding hydrogens is 450 g/mol. The van der Waals surface area contributed by atoms with Crippen molar-refractivity contribution in [2.75, 3.05) is 45.3 Å². The average molecular weight is 490 g/mol. The minimum Gasteiger partial charge on any atom is -0.444 e. The van der Waals surface area contributed by atoms with Gasteiger partial charge in [0.25, 0.3) is 0 Å². The first kappa shape index (κ1) is 27.5. The zero-order chi connectivity index (χ0) is 24.3. The number of hydrogen-bond acceptors (Lipinski definition) is 8. The SMILES string of the molecule is CC(C)(C)OC(=O)NCCOCCOCCNC(=O)CCCC[C@@H]1SC[C@@H]2NC(=O)N[C@@]21N. The zero-order valence-electron chi connectivity index (χ0n) is 19.9. The van der Waals surface area contributed by atoms with E-state index in [0.717, 1.165) is 25.0 Å². The van der Waals surface area contributed by atoms with Gasteiger partial charge in [-0.05, 0) is 33.6 Å². The molecule has 0 aromatic heterocycles. The molecule has 2 aliphatic rings. The van der Waals surface area contributed by atoms with Gasteiger partial charge in [0.1, 0.15) is 11.3 Å². The molecule has 0 spiro atoms. The van der Waals surface area contributed by atoms with Gasteiger partial charge in [0.2, 0.25) is 5.91 Å². The lowest BCUT2D eigenvalue weighted by Crippen LogP contribution is -2.61. The maximum absolute atomic E-state index is 11.9. The van der Waals surface area contributed by atoms with Gasteiger partial charge in [0, 0.05) is 30.5 Å². The number of nitrogens with one attached hydrogen (secondary N) is 4. The van der Waals surface area contributed by atoms with Crippen molar-refractivity contribution in [1.82, 2.24) is 21.3 Å². The van der Waals surface area contributed by atoms with Crippen molar-refractivity contribution < 1.29 is 28.6 Å². The van der Waals surface area contributed by atoms with Gasteiger partial charge in [-0.3, -0.25) is 4.79 Å². The number of carbonyl (C=O) groups excluding carboxylic acids is 3. The van der Waals surface area contributed by atoms with Crippen LogP contribution in [0.3, 0.4) is 0 Å². The molecule has 2 heterocycles. The molecule has 11 nitrogen and oxygen atoms in total. The molecule has 190 valence electrons. The third-order valence-electron chi connectivity index (χ3n) is 5.18. The normalized spacial score (nSPS) is 24.1. The van der Waals surface area contributed by atoms with Crippen LogP contribution >= 0.6 is 11.8 Å². The molecule has 12 heteroatoms. The third kappa shape index (κ3) is 9.95. The fourth-order valence-corrected chi connectivity index (χ4v) is 5.20. The number of unbranched alkanes of at least 4 members (excludes halogenated alkanes) is 1. The highest BCUT2D eigenvalue weighted by atomic mass is 32.2. The van der Waals surface area contributed by atoms with Crippen molar-refractivity contribution in [3.63, 3.8) is 0 Å². The lowest BCUT2D eigenvalue weighted by atomic mass is 9.96. The third-order valence-corrected chi connectivity index (χ3v) is 6.74. The fraction of sp³-hybridized carbons (Fsp3) is 0.857. The molecule has 2 fully saturated rings. The van der Waals surface area contributed by atoms with Crippen LogP contribution in [0.25, 0.3) is 0 Å². The summed E-state index contributed by atoms with van der Waals surface area (Å²) in [5.41, 5.74) is 5.17. The van der Waals surface area contributed by atoms with Gasteiger partial charge >= 0.3 is 12.1 Å². The first-order valence-electron chi connectivity index (χ1n) is 11.5. The quantitative estimate of drug-likeness (QED) is 0.176. The van der Waals surface area contributed by atoms with Crippen LogP contribution in [-0.4, -0.2) is 85.9 Å². The van der Waals surface area contributed by atoms with E-state index in [-0.39, 0.29) is 23.2 Å². The highest BCUT2D eigenvalue weighted by Gasteiger charge is 2.53. The predicted molar refractivity (Wildman–Crippen MR) is 126 cm³/mol. The summed E-state index contributed by atoms with van der Waals surface area (Å²) >= 11 is 1.77. The number of alkyl carbamates (subject to hydrolysis) is 1. The summed E-state index contributed by atoms with van der Waals surface area (Å²) in [6.07, 6.45) is 2.51. The number of thioether (sulfide) groups is 1. The Morgan fingerprint density at radius 1 is 1.12 bits per heavy atom. The number of ether oxygens (including phenoxy) is 3. The first-order chi connectivity index (χ1) is 15.6. The highest BCUT2D eigenvalue weighted by molar-refractivity contribution is 8.00. The summed E-state index contributed by atoms with van der Waals surface area (Å²) in [7, 11) is 0. The van der Waals surface area contributed by atoms with Crippen LogP contribution in [0, 0.1) is 0 Å². The van der Waals surface area contributed by atoms with Gasteiger partial charge in [0.05, 0.1) is 32.5 Å². The molecule has 0 radical (unpaired) electrons. The Morgan fingerprint density at radius 3 is 2.45 bits per heavy atom. The maximum Gasteiger partial charge on any atom is 0.407 e. The second-order valence-electron chi connectivity index (χ2n) is 9.16. The Labute approximate surface area is 200 Å². The largest absolute Gasteiger partial charge is 0.444 e. The molecule has 2 saturated heterocycles. The summed E-state index contributed by atoms with van der Waals surface area (Å²) in [5.74, 6) is 0.812. The number of carbonyl (C=O) groups is 3. The topological polar surface area (TPSA) is 153 Å². The number of nitrogens with two attached hydrogens (primary N) is 1. The molecule has 0 aromatic carbocycles. The van der Waals surface area contributed by atoms with E-state index >= 15 is 0 Å². The lowest BCUT2D eigenvalue weighted by Gasteiger charge is -2.29. The van der Waals surface area contributed by atoms with E-state index in [1.807, 2.05) is 0 Å². The Morgan fingerprint density at radius 2 is 1.79 bits per heavy atom. The van der Waals surface area contributed by atoms with Crippen molar-refractivity contribution in [2.45, 2.75) is 69.0 Å². The van der Waals surface area contributed by atoms with Gasteiger partial charge in [-0.1, -0.05) is 6.42 Å². The number of hydrogen-bond donors (Lipinski definition) is 5. The van der Waals surface area contributed by atoms with Crippen LogP contribution in [-0.2, 0) is 19.0 Å². The van der Waals surface area contributed by atoms with Crippen LogP contribution in [0.4, 0.5) is 9.59 Å². The Hall–Kier alpha value is -1.76. The summed E-state index contributed by atoms with van der Waals surface area (Å²) in [4.78, 5) is 34.9. The molecule has 2 aliphatic heterocycles. The minimum absolute atomic E-state index is 0.00156. The number of rotatable bonds is 14. The van der Waals surface area contributed by atoms with Crippen LogP contribution in [0.2, 0.25) is 0 Å². The lowest BCUT2D eigenvalue weighted by molar-refractivity contribution is -0.121. The summed E-state index contributed by atoms with van der Waals surface area (Å²) in [5, 5.41) is 11.3. The van der Waals surface area contributed by atoms with Gasteiger partial charge in [-0.15, -0.1) is 0 Å². The summed E-state index contributed by atoms with van der Waals surface area (Å²) in [6, 6.07) is -0.223. The first-order valence-corrected chi connectivity index (χ1v) is 12.5. The minimum atomic E-state index is -0.681. The van der Waals surface area contributed by atoms with Gasteiger partial charge < -0.3 is 41.2 Å². The molecule has 6 N–H and O–H groups in total. The highest BCUT2D eigenvalue weighted by Crippen LogP contribution is 2.38. The standard InChI is InChI=1S/C21H39N5O6S/c1-20(2,3)32-19(29)24-9-11-31-13-12-30-10-8-23-17(27)7-5-4-6-16-21(22)15(14-33-16)25-18(28)26-21/h15-16H,4-14,22H2,1-3H3,(H,23,27)(H,24,29)(H2,25,26,28)/t15-,16-,21-/m0/s1. The molecule has 0 bridgehead atoms. The van der Waals surface area contributed by atoms with Crippen molar-refractivity contribution in [2.24, 2.45) is 5.73 Å². The molecule has 3 atom stereocenters. The second-order valence-corrected chi connectivity index (χ2v) is 10.4. The average Bonchev–Trinajstić information content (AvgIpc) is 3.16. The van der Waals surface area contributed by atoms with Crippen molar-refractivity contribution >= 4 is 29.8 Å². The molecule has 33 heavy (non-hydrogen) atoms.